The number of rotatable bonds is 6. The van der Waals surface area contributed by atoms with Crippen LogP contribution in [0.3, 0.4) is 0 Å². The van der Waals surface area contributed by atoms with Crippen molar-refractivity contribution in [1.82, 2.24) is 10.2 Å². The molecule has 0 spiro atoms. The topological polar surface area (TPSA) is 107 Å². The van der Waals surface area contributed by atoms with E-state index in [1.807, 2.05) is 18.2 Å². The van der Waals surface area contributed by atoms with Crippen molar-refractivity contribution in [3.63, 3.8) is 0 Å². The summed E-state index contributed by atoms with van der Waals surface area (Å²) in [6, 6.07) is 14.3. The molecule has 4 rings (SSSR count). The Kier molecular flexibility index (Phi) is 5.95. The Morgan fingerprint density at radius 1 is 1.12 bits per heavy atom. The number of hydrogen-bond donors (Lipinski definition) is 1. The van der Waals surface area contributed by atoms with E-state index in [2.05, 4.69) is 5.32 Å². The molecule has 2 heterocycles. The lowest BCUT2D eigenvalue weighted by molar-refractivity contribution is -0.145. The lowest BCUT2D eigenvalue weighted by Gasteiger charge is -2.36. The van der Waals surface area contributed by atoms with Gasteiger partial charge < -0.3 is 28.8 Å². The molecular weight excluding hydrogens is 428 g/mol. The lowest BCUT2D eigenvalue weighted by Crippen LogP contribution is -2.62. The van der Waals surface area contributed by atoms with E-state index in [1.165, 1.54) is 7.11 Å². The third-order valence-corrected chi connectivity index (χ3v) is 5.72. The Hall–Kier alpha value is -4.01. The van der Waals surface area contributed by atoms with Gasteiger partial charge in [-0.15, -0.1) is 0 Å². The number of ether oxygens (including phenoxy) is 3. The molecule has 2 amide bonds. The van der Waals surface area contributed by atoms with Crippen LogP contribution in [0.4, 0.5) is 0 Å². The Morgan fingerprint density at radius 3 is 2.61 bits per heavy atom. The SMILES string of the molecule is COC(=O)CN1C(=O)c2oc3ccccc3c2OCC1(C)C(=O)NCc1ccccc1OC. The quantitative estimate of drug-likeness (QED) is 0.573. The van der Waals surface area contributed by atoms with Gasteiger partial charge in [0.1, 0.15) is 24.5 Å². The minimum Gasteiger partial charge on any atom is -0.496 e. The normalized spacial score (nSPS) is 17.7. The van der Waals surface area contributed by atoms with Gasteiger partial charge in [0.2, 0.25) is 11.7 Å². The van der Waals surface area contributed by atoms with Gasteiger partial charge in [0, 0.05) is 12.1 Å². The van der Waals surface area contributed by atoms with Crippen LogP contribution in [0.5, 0.6) is 11.5 Å². The molecule has 3 aromatic rings. The lowest BCUT2D eigenvalue weighted by atomic mass is 9.99. The molecule has 1 aliphatic heterocycles. The molecular formula is C24H24N2O7. The van der Waals surface area contributed by atoms with Crippen LogP contribution >= 0.6 is 0 Å². The van der Waals surface area contributed by atoms with Gasteiger partial charge in [-0.05, 0) is 25.1 Å². The molecule has 1 aliphatic rings. The molecule has 0 saturated heterocycles. The molecule has 0 fully saturated rings. The molecule has 0 radical (unpaired) electrons. The van der Waals surface area contributed by atoms with E-state index < -0.39 is 29.9 Å². The second-order valence-electron chi connectivity index (χ2n) is 7.78. The van der Waals surface area contributed by atoms with E-state index in [0.717, 1.165) is 10.5 Å². The van der Waals surface area contributed by atoms with Crippen LogP contribution in [0.2, 0.25) is 0 Å². The summed E-state index contributed by atoms with van der Waals surface area (Å²) in [7, 11) is 2.76. The number of benzene rings is 2. The van der Waals surface area contributed by atoms with Gasteiger partial charge in [-0.2, -0.15) is 0 Å². The summed E-state index contributed by atoms with van der Waals surface area (Å²) in [6.45, 7) is 1.06. The zero-order valence-electron chi connectivity index (χ0n) is 18.5. The van der Waals surface area contributed by atoms with E-state index in [0.29, 0.717) is 16.7 Å². The molecule has 1 aromatic heterocycles. The Morgan fingerprint density at radius 2 is 1.85 bits per heavy atom. The zero-order chi connectivity index (χ0) is 23.6. The summed E-state index contributed by atoms with van der Waals surface area (Å²) < 4.78 is 21.8. The van der Waals surface area contributed by atoms with Crippen molar-refractivity contribution in [3.05, 3.63) is 59.9 Å². The van der Waals surface area contributed by atoms with Crippen LogP contribution in [0.15, 0.2) is 52.9 Å². The second kappa shape index (κ2) is 8.85. The van der Waals surface area contributed by atoms with Gasteiger partial charge in [0.15, 0.2) is 11.3 Å². The van der Waals surface area contributed by atoms with Crippen LogP contribution in [0, 0.1) is 0 Å². The van der Waals surface area contributed by atoms with Gasteiger partial charge in [0.25, 0.3) is 5.91 Å². The minimum atomic E-state index is -1.52. The maximum Gasteiger partial charge on any atom is 0.325 e. The molecule has 0 aliphatic carbocycles. The summed E-state index contributed by atoms with van der Waals surface area (Å²) in [5.74, 6) is -1.02. The van der Waals surface area contributed by atoms with E-state index in [-0.39, 0.29) is 24.7 Å². The number of carbonyl (C=O) groups excluding carboxylic acids is 3. The number of methoxy groups -OCH3 is 2. The van der Waals surface area contributed by atoms with E-state index in [4.69, 9.17) is 18.6 Å². The molecule has 172 valence electrons. The predicted molar refractivity (Wildman–Crippen MR) is 118 cm³/mol. The highest BCUT2D eigenvalue weighted by Crippen LogP contribution is 2.38. The third kappa shape index (κ3) is 3.97. The summed E-state index contributed by atoms with van der Waals surface area (Å²) in [5.41, 5.74) is -0.288. The molecule has 9 heteroatoms. The highest BCUT2D eigenvalue weighted by molar-refractivity contribution is 6.05. The number of furan rings is 1. The fourth-order valence-corrected chi connectivity index (χ4v) is 3.79. The van der Waals surface area contributed by atoms with Gasteiger partial charge in [-0.1, -0.05) is 30.3 Å². The Balaban J connectivity index is 1.67. The van der Waals surface area contributed by atoms with Crippen molar-refractivity contribution in [3.8, 4) is 11.5 Å². The first kappa shape index (κ1) is 22.2. The monoisotopic (exact) mass is 452 g/mol. The van der Waals surface area contributed by atoms with Crippen molar-refractivity contribution >= 4 is 28.8 Å². The second-order valence-corrected chi connectivity index (χ2v) is 7.78. The summed E-state index contributed by atoms with van der Waals surface area (Å²) >= 11 is 0. The minimum absolute atomic E-state index is 0.0682. The molecule has 33 heavy (non-hydrogen) atoms. The Bertz CT molecular complexity index is 1220. The highest BCUT2D eigenvalue weighted by atomic mass is 16.5. The largest absolute Gasteiger partial charge is 0.496 e. The number of carbonyl (C=O) groups is 3. The number of fused-ring (bicyclic) bond motifs is 3. The molecule has 1 unspecified atom stereocenters. The summed E-state index contributed by atoms with van der Waals surface area (Å²) in [5, 5.41) is 3.44. The zero-order valence-corrected chi connectivity index (χ0v) is 18.5. The predicted octanol–water partition coefficient (Wildman–Crippen LogP) is 2.52. The van der Waals surface area contributed by atoms with Crippen LogP contribution in [0.1, 0.15) is 23.0 Å². The Labute approximate surface area is 190 Å². The fraction of sp³-hybridized carbons (Fsp3) is 0.292. The van der Waals surface area contributed by atoms with Crippen molar-refractivity contribution in [2.75, 3.05) is 27.4 Å². The smallest absolute Gasteiger partial charge is 0.325 e. The fourth-order valence-electron chi connectivity index (χ4n) is 3.79. The number of para-hydroxylation sites is 2. The molecule has 1 N–H and O–H groups in total. The van der Waals surface area contributed by atoms with Gasteiger partial charge >= 0.3 is 5.97 Å². The molecule has 9 nitrogen and oxygen atoms in total. The van der Waals surface area contributed by atoms with Crippen molar-refractivity contribution in [2.24, 2.45) is 0 Å². The number of hydrogen-bond acceptors (Lipinski definition) is 7. The molecule has 2 aromatic carbocycles. The average molecular weight is 452 g/mol. The van der Waals surface area contributed by atoms with E-state index in [9.17, 15) is 14.4 Å². The summed E-state index contributed by atoms with van der Waals surface area (Å²) in [6.07, 6.45) is 0. The standard InChI is InChI=1S/C24H24N2O7/c1-24(23(29)25-12-15-8-4-6-10-17(15)30-2)14-32-20-16-9-5-7-11-18(16)33-21(20)22(28)26(24)13-19(27)31-3/h4-11H,12-14H2,1-3H3,(H,25,29). The van der Waals surface area contributed by atoms with Gasteiger partial charge in [-0.25, -0.2) is 0 Å². The van der Waals surface area contributed by atoms with Crippen molar-refractivity contribution < 1.29 is 33.0 Å². The van der Waals surface area contributed by atoms with Crippen molar-refractivity contribution in [2.45, 2.75) is 19.0 Å². The number of nitrogens with one attached hydrogen (secondary N) is 1. The number of amides is 2. The highest BCUT2D eigenvalue weighted by Gasteiger charge is 2.48. The van der Waals surface area contributed by atoms with Gasteiger partial charge in [-0.3, -0.25) is 14.4 Å². The van der Waals surface area contributed by atoms with Crippen LogP contribution in [-0.4, -0.2) is 55.6 Å². The molecule has 0 saturated carbocycles. The van der Waals surface area contributed by atoms with Crippen LogP contribution < -0.4 is 14.8 Å². The third-order valence-electron chi connectivity index (χ3n) is 5.72. The van der Waals surface area contributed by atoms with Crippen LogP contribution in [-0.2, 0) is 20.9 Å². The van der Waals surface area contributed by atoms with Crippen molar-refractivity contribution in [1.29, 1.82) is 0 Å². The first-order chi connectivity index (χ1) is 15.9. The maximum atomic E-state index is 13.5. The maximum absolute atomic E-state index is 13.5. The number of esters is 1. The first-order valence-electron chi connectivity index (χ1n) is 10.3. The molecule has 0 bridgehead atoms. The van der Waals surface area contributed by atoms with Gasteiger partial charge in [0.05, 0.1) is 19.6 Å². The first-order valence-corrected chi connectivity index (χ1v) is 10.3. The van der Waals surface area contributed by atoms with Crippen LogP contribution in [0.25, 0.3) is 11.0 Å². The number of nitrogens with zero attached hydrogens (tertiary/aromatic N) is 1. The summed E-state index contributed by atoms with van der Waals surface area (Å²) in [4.78, 5) is 40.2. The van der Waals surface area contributed by atoms with E-state index in [1.54, 1.807) is 44.4 Å². The van der Waals surface area contributed by atoms with E-state index >= 15 is 0 Å². The average Bonchev–Trinajstić information content (AvgIpc) is 3.18. The molecule has 1 atom stereocenters.